The minimum absolute atomic E-state index is 0.0411. The molecule has 0 aliphatic rings. The molecule has 0 saturated heterocycles. The van der Waals surface area contributed by atoms with Gasteiger partial charge in [0.25, 0.3) is 0 Å². The fourth-order valence-corrected chi connectivity index (χ4v) is 8.94. The van der Waals surface area contributed by atoms with Gasteiger partial charge in [0.05, 0.1) is 13.2 Å². The lowest BCUT2D eigenvalue weighted by molar-refractivity contribution is -0.161. The van der Waals surface area contributed by atoms with Crippen molar-refractivity contribution in [2.24, 2.45) is 5.73 Å². The van der Waals surface area contributed by atoms with E-state index in [1.54, 1.807) is 0 Å². The highest BCUT2D eigenvalue weighted by Crippen LogP contribution is 2.43. The number of unbranched alkanes of at least 4 members (excludes halogenated alkanes) is 20. The van der Waals surface area contributed by atoms with Crippen molar-refractivity contribution in [2.75, 3.05) is 26.4 Å². The largest absolute Gasteiger partial charge is 0.472 e. The predicted molar refractivity (Wildman–Crippen MR) is 339 cm³/mol. The highest BCUT2D eigenvalue weighted by Gasteiger charge is 2.26. The van der Waals surface area contributed by atoms with Crippen LogP contribution in [-0.2, 0) is 32.7 Å². The average Bonchev–Trinajstić information content (AvgIpc) is 3.44. The Balaban J connectivity index is 3.95. The molecule has 448 valence electrons. The standard InChI is InChI=1S/C69H114NO8P/c1-3-5-7-9-11-13-15-17-19-21-23-25-26-27-28-29-30-31-32-33-34-35-36-37-38-39-40-42-44-46-48-50-52-54-56-58-60-62-69(72)78-67(66-77-79(73,74)76-64-63-70)65-75-68(71)61-59-57-55-53-51-49-47-45-43-41-24-22-20-18-16-14-12-10-8-6-4-2/h5-8,11-14,17-20,23-25,27-28,30-31,41,45,47,51,53,67H,3-4,9-10,15-16,21-22,26,29,32-40,42-44,46,48-50,52,54-66,70H2,1-2H3,(H,73,74)/b7-5-,8-6-,13-11-,14-12-,19-17-,20-18-,25-23-,28-27-,31-30-,41-24-,47-45-,53-51-. The zero-order chi connectivity index (χ0) is 57.3. The van der Waals surface area contributed by atoms with Gasteiger partial charge in [-0.25, -0.2) is 4.57 Å². The molecule has 0 saturated carbocycles. The lowest BCUT2D eigenvalue weighted by Gasteiger charge is -2.19. The third-order valence-electron chi connectivity index (χ3n) is 12.7. The van der Waals surface area contributed by atoms with Gasteiger partial charge < -0.3 is 20.1 Å². The Hall–Kier alpha value is -4.11. The van der Waals surface area contributed by atoms with Crippen molar-refractivity contribution in [3.8, 4) is 0 Å². The second-order valence-corrected chi connectivity index (χ2v) is 21.6. The molecular weight excluding hydrogens is 1000 g/mol. The third kappa shape index (κ3) is 62.9. The van der Waals surface area contributed by atoms with Crippen molar-refractivity contribution in [2.45, 2.75) is 251 Å². The smallest absolute Gasteiger partial charge is 0.462 e. The zero-order valence-corrected chi connectivity index (χ0v) is 50.9. The van der Waals surface area contributed by atoms with E-state index < -0.39 is 32.5 Å². The summed E-state index contributed by atoms with van der Waals surface area (Å²) in [5.74, 6) is -0.883. The SMILES string of the molecule is CC/C=C\C/C=C\C/C=C\C/C=C\C/C=C\C/C=C\CCCCCCCCCCCCCCCCCCCCC(=O)OC(COC(=O)CCCC/C=C\C/C=C\C/C=C\C/C=C\C/C=C\C/C=C\CC)COP(=O)(O)OCCN. The minimum atomic E-state index is -4.41. The summed E-state index contributed by atoms with van der Waals surface area (Å²) in [7, 11) is -4.41. The number of carbonyl (C=O) groups is 2. The Kier molecular flexibility index (Phi) is 59.8. The summed E-state index contributed by atoms with van der Waals surface area (Å²) >= 11 is 0. The second kappa shape index (κ2) is 63.1. The number of phosphoric ester groups is 1. The van der Waals surface area contributed by atoms with Crippen molar-refractivity contribution in [3.05, 3.63) is 146 Å². The van der Waals surface area contributed by atoms with Crippen LogP contribution in [0.4, 0.5) is 0 Å². The van der Waals surface area contributed by atoms with Crippen molar-refractivity contribution < 1.29 is 37.6 Å². The molecule has 0 radical (unpaired) electrons. The van der Waals surface area contributed by atoms with Gasteiger partial charge in [0.2, 0.25) is 0 Å². The maximum absolute atomic E-state index is 12.7. The molecule has 2 atom stereocenters. The molecule has 9 nitrogen and oxygen atoms in total. The lowest BCUT2D eigenvalue weighted by Crippen LogP contribution is -2.29. The van der Waals surface area contributed by atoms with E-state index in [4.69, 9.17) is 24.3 Å². The van der Waals surface area contributed by atoms with Crippen molar-refractivity contribution in [3.63, 3.8) is 0 Å². The van der Waals surface area contributed by atoms with Crippen LogP contribution in [0.5, 0.6) is 0 Å². The molecule has 79 heavy (non-hydrogen) atoms. The van der Waals surface area contributed by atoms with Gasteiger partial charge in [0.1, 0.15) is 6.61 Å². The van der Waals surface area contributed by atoms with Crippen LogP contribution in [0.2, 0.25) is 0 Å². The molecular formula is C69H114NO8P. The number of ether oxygens (including phenoxy) is 2. The molecule has 0 heterocycles. The zero-order valence-electron chi connectivity index (χ0n) is 50.0. The number of phosphoric acid groups is 1. The Morgan fingerprint density at radius 2 is 0.658 bits per heavy atom. The van der Waals surface area contributed by atoms with Crippen LogP contribution in [0.25, 0.3) is 0 Å². The highest BCUT2D eigenvalue weighted by molar-refractivity contribution is 7.47. The van der Waals surface area contributed by atoms with E-state index in [0.29, 0.717) is 12.8 Å². The van der Waals surface area contributed by atoms with Gasteiger partial charge in [0, 0.05) is 19.4 Å². The number of hydrogen-bond acceptors (Lipinski definition) is 8. The second-order valence-electron chi connectivity index (χ2n) is 20.2. The quantitative estimate of drug-likeness (QED) is 0.0264. The first-order chi connectivity index (χ1) is 38.8. The Morgan fingerprint density at radius 1 is 0.380 bits per heavy atom. The normalized spacial score (nSPS) is 14.0. The van der Waals surface area contributed by atoms with Crippen LogP contribution >= 0.6 is 7.82 Å². The van der Waals surface area contributed by atoms with Crippen LogP contribution in [-0.4, -0.2) is 49.3 Å². The molecule has 10 heteroatoms. The summed E-state index contributed by atoms with van der Waals surface area (Å²) in [5, 5.41) is 0. The maximum atomic E-state index is 12.7. The number of esters is 2. The van der Waals surface area contributed by atoms with Crippen LogP contribution in [0.3, 0.4) is 0 Å². The van der Waals surface area contributed by atoms with E-state index in [1.807, 2.05) is 0 Å². The van der Waals surface area contributed by atoms with Crippen LogP contribution < -0.4 is 5.73 Å². The number of carbonyl (C=O) groups excluding carboxylic acids is 2. The van der Waals surface area contributed by atoms with Gasteiger partial charge in [-0.05, 0) is 116 Å². The number of nitrogens with two attached hydrogens (primary N) is 1. The summed E-state index contributed by atoms with van der Waals surface area (Å²) in [6.45, 7) is 3.46. The molecule has 0 aromatic heterocycles. The molecule has 3 N–H and O–H groups in total. The topological polar surface area (TPSA) is 134 Å². The fraction of sp³-hybridized carbons (Fsp3) is 0.623. The Labute approximate surface area is 484 Å². The Bertz CT molecular complexity index is 1800. The van der Waals surface area contributed by atoms with Gasteiger partial charge in [-0.3, -0.25) is 18.6 Å². The third-order valence-corrected chi connectivity index (χ3v) is 13.7. The van der Waals surface area contributed by atoms with E-state index in [1.165, 1.54) is 96.3 Å². The van der Waals surface area contributed by atoms with Gasteiger partial charge in [0.15, 0.2) is 6.10 Å². The minimum Gasteiger partial charge on any atom is -0.462 e. The molecule has 0 aromatic rings. The monoisotopic (exact) mass is 1120 g/mol. The molecule has 2 unspecified atom stereocenters. The first kappa shape index (κ1) is 74.9. The molecule has 0 amide bonds. The lowest BCUT2D eigenvalue weighted by atomic mass is 10.0. The molecule has 0 rings (SSSR count). The van der Waals surface area contributed by atoms with Gasteiger partial charge in [-0.2, -0.15) is 0 Å². The van der Waals surface area contributed by atoms with E-state index in [-0.39, 0.29) is 32.6 Å². The average molecular weight is 1120 g/mol. The summed E-state index contributed by atoms with van der Waals surface area (Å²) in [5.41, 5.74) is 5.38. The highest BCUT2D eigenvalue weighted by atomic mass is 31.2. The Morgan fingerprint density at radius 3 is 1.00 bits per heavy atom. The van der Waals surface area contributed by atoms with Gasteiger partial charge in [-0.1, -0.05) is 262 Å². The first-order valence-electron chi connectivity index (χ1n) is 31.3. The molecule has 0 fully saturated rings. The van der Waals surface area contributed by atoms with Crippen LogP contribution in [0.15, 0.2) is 146 Å². The molecule has 0 bridgehead atoms. The summed E-state index contributed by atoms with van der Waals surface area (Å²) in [6, 6.07) is 0. The maximum Gasteiger partial charge on any atom is 0.472 e. The van der Waals surface area contributed by atoms with Gasteiger partial charge >= 0.3 is 19.8 Å². The van der Waals surface area contributed by atoms with E-state index in [2.05, 4.69) is 160 Å². The van der Waals surface area contributed by atoms with E-state index >= 15 is 0 Å². The molecule has 0 spiro atoms. The summed E-state index contributed by atoms with van der Waals surface area (Å²) in [6.07, 6.45) is 90.7. The van der Waals surface area contributed by atoms with Crippen LogP contribution in [0, 0.1) is 0 Å². The molecule has 0 aliphatic carbocycles. The summed E-state index contributed by atoms with van der Waals surface area (Å²) < 4.78 is 33.0. The number of rotatable bonds is 57. The van der Waals surface area contributed by atoms with Crippen molar-refractivity contribution >= 4 is 19.8 Å². The number of hydrogen-bond donors (Lipinski definition) is 2. The van der Waals surface area contributed by atoms with Crippen LogP contribution in [0.1, 0.15) is 245 Å². The van der Waals surface area contributed by atoms with Gasteiger partial charge in [-0.15, -0.1) is 0 Å². The van der Waals surface area contributed by atoms with Crippen molar-refractivity contribution in [1.82, 2.24) is 0 Å². The van der Waals surface area contributed by atoms with E-state index in [0.717, 1.165) is 109 Å². The van der Waals surface area contributed by atoms with Crippen molar-refractivity contribution in [1.29, 1.82) is 0 Å². The molecule has 0 aliphatic heterocycles. The van der Waals surface area contributed by atoms with E-state index in [9.17, 15) is 19.0 Å². The number of allylic oxidation sites excluding steroid dienone is 24. The summed E-state index contributed by atoms with van der Waals surface area (Å²) in [4.78, 5) is 35.2. The first-order valence-corrected chi connectivity index (χ1v) is 32.8. The predicted octanol–water partition coefficient (Wildman–Crippen LogP) is 20.3. The molecule has 0 aromatic carbocycles. The fourth-order valence-electron chi connectivity index (χ4n) is 8.17.